The summed E-state index contributed by atoms with van der Waals surface area (Å²) in [5.41, 5.74) is 0.732. The Balaban J connectivity index is 0. The molecule has 0 atom stereocenters. The second kappa shape index (κ2) is 6.08. The Labute approximate surface area is 122 Å². The third-order valence-electron chi connectivity index (χ3n) is 1.23. The molecule has 0 amide bonds. The summed E-state index contributed by atoms with van der Waals surface area (Å²) in [5.74, 6) is 0. The zero-order valence-corrected chi connectivity index (χ0v) is 11.2. The van der Waals surface area contributed by atoms with Crippen LogP contribution in [0.1, 0.15) is 6.99 Å². The summed E-state index contributed by atoms with van der Waals surface area (Å²) in [7, 11) is -4.00. The van der Waals surface area contributed by atoms with Crippen molar-refractivity contribution >= 4 is 16.2 Å². The molecule has 0 spiro atoms. The van der Waals surface area contributed by atoms with Gasteiger partial charge in [0.25, 0.3) is 10.1 Å². The zero-order chi connectivity index (χ0) is 9.03. The maximum absolute atomic E-state index is 10.3. The van der Waals surface area contributed by atoms with Crippen molar-refractivity contribution < 1.29 is 65.8 Å². The summed E-state index contributed by atoms with van der Waals surface area (Å²) in [6.45, 7) is 0. The predicted octanol–water partition coefficient (Wildman–Crippen LogP) is -1.34. The van der Waals surface area contributed by atoms with Crippen LogP contribution in [0.2, 0.25) is 0 Å². The molecule has 66 valence electrons. The van der Waals surface area contributed by atoms with Gasteiger partial charge in [-0.05, 0) is 11.6 Å². The molecule has 0 aliphatic heterocycles. The van der Waals surface area contributed by atoms with E-state index < -0.39 is 10.1 Å². The van der Waals surface area contributed by atoms with Crippen molar-refractivity contribution in [1.82, 2.24) is 0 Å². The van der Waals surface area contributed by atoms with Gasteiger partial charge >= 0.3 is 51.4 Å². The molecule has 0 fully saturated rings. The van der Waals surface area contributed by atoms with Gasteiger partial charge < -0.3 is 1.43 Å². The molecule has 0 heterocycles. The molecule has 1 aromatic carbocycles. The summed E-state index contributed by atoms with van der Waals surface area (Å²) < 4.78 is 28.9. The number of hydrogen-bond acceptors (Lipinski definition) is 2. The van der Waals surface area contributed by atoms with E-state index in [1.165, 1.54) is 6.08 Å². The van der Waals surface area contributed by atoms with Gasteiger partial charge in [0.2, 0.25) is 0 Å². The van der Waals surface area contributed by atoms with E-state index in [1.54, 1.807) is 24.3 Å². The average molecular weight is 224 g/mol. The van der Waals surface area contributed by atoms with Crippen LogP contribution in [0, 0.1) is 0 Å². The zero-order valence-electron chi connectivity index (χ0n) is 8.21. The Bertz CT molecular complexity index is 375. The van der Waals surface area contributed by atoms with E-state index in [2.05, 4.69) is 0 Å². The molecule has 13 heavy (non-hydrogen) atoms. The number of rotatable bonds is 2. The summed E-state index contributed by atoms with van der Waals surface area (Å²) >= 11 is 0. The van der Waals surface area contributed by atoms with Gasteiger partial charge in [-0.15, -0.1) is 0 Å². The second-order valence-corrected chi connectivity index (χ2v) is 3.53. The smallest absolute Gasteiger partial charge is 1.00 e. The third kappa shape index (κ3) is 6.56. The predicted molar refractivity (Wildman–Crippen MR) is 48.1 cm³/mol. The van der Waals surface area contributed by atoms with Crippen LogP contribution in [0.5, 0.6) is 0 Å². The third-order valence-corrected chi connectivity index (χ3v) is 1.71. The van der Waals surface area contributed by atoms with Crippen molar-refractivity contribution in [2.75, 3.05) is 0 Å². The van der Waals surface area contributed by atoms with E-state index in [9.17, 15) is 8.42 Å². The minimum atomic E-state index is -4.00. The standard InChI is InChI=1S/C8H8O3S.K.H/c9-12(10,11)7-6-8-4-2-1-3-5-8;;/h1-7H,(H,9,10,11);;/q;+1;-1. The maximum Gasteiger partial charge on any atom is 1.00 e. The Kier molecular flexibility index (Phi) is 6.31. The second-order valence-electron chi connectivity index (χ2n) is 2.23. The van der Waals surface area contributed by atoms with Gasteiger partial charge in [0, 0.05) is 0 Å². The first kappa shape index (κ1) is 13.5. The van der Waals surface area contributed by atoms with Crippen LogP contribution < -0.4 is 51.4 Å². The van der Waals surface area contributed by atoms with E-state index in [1.807, 2.05) is 6.07 Å². The van der Waals surface area contributed by atoms with Crippen LogP contribution >= 0.6 is 0 Å². The Morgan fingerprint density at radius 1 is 1.23 bits per heavy atom. The maximum atomic E-state index is 10.3. The normalized spacial score (nSPS) is 11.2. The first-order chi connectivity index (χ1) is 5.58. The van der Waals surface area contributed by atoms with Gasteiger partial charge in [-0.1, -0.05) is 30.3 Å². The first-order valence-electron chi connectivity index (χ1n) is 3.28. The van der Waals surface area contributed by atoms with E-state index in [0.29, 0.717) is 0 Å². The molecule has 0 bridgehead atoms. The molecule has 0 saturated heterocycles. The molecule has 0 aliphatic carbocycles. The molecule has 0 saturated carbocycles. The van der Waals surface area contributed by atoms with Crippen LogP contribution in [-0.2, 0) is 10.1 Å². The van der Waals surface area contributed by atoms with Gasteiger partial charge in [-0.25, -0.2) is 0 Å². The molecule has 1 N–H and O–H groups in total. The fourth-order valence-corrected chi connectivity index (χ4v) is 1.06. The quantitative estimate of drug-likeness (QED) is 0.500. The van der Waals surface area contributed by atoms with Crippen molar-refractivity contribution in [2.24, 2.45) is 0 Å². The van der Waals surface area contributed by atoms with Crippen molar-refractivity contribution in [3.8, 4) is 0 Å². The summed E-state index contributed by atoms with van der Waals surface area (Å²) in [4.78, 5) is 0. The van der Waals surface area contributed by atoms with Crippen molar-refractivity contribution in [2.45, 2.75) is 0 Å². The van der Waals surface area contributed by atoms with E-state index in [0.717, 1.165) is 11.0 Å². The fourth-order valence-electron chi connectivity index (χ4n) is 0.729. The van der Waals surface area contributed by atoms with Crippen molar-refractivity contribution in [1.29, 1.82) is 0 Å². The van der Waals surface area contributed by atoms with Gasteiger partial charge in [0.1, 0.15) is 0 Å². The van der Waals surface area contributed by atoms with Crippen LogP contribution in [-0.4, -0.2) is 13.0 Å². The Hall–Kier alpha value is 0.506. The average Bonchev–Trinajstić information content (AvgIpc) is 2.02. The minimum Gasteiger partial charge on any atom is -1.00 e. The molecule has 0 radical (unpaired) electrons. The molecule has 1 aromatic rings. The monoisotopic (exact) mass is 224 g/mol. The first-order valence-corrected chi connectivity index (χ1v) is 4.79. The molecule has 5 heteroatoms. The molecular formula is C8H9KO3S. The number of hydrogen-bond donors (Lipinski definition) is 1. The van der Waals surface area contributed by atoms with Gasteiger partial charge in [-0.2, -0.15) is 8.42 Å². The van der Waals surface area contributed by atoms with E-state index >= 15 is 0 Å². The van der Waals surface area contributed by atoms with E-state index in [-0.39, 0.29) is 52.8 Å². The topological polar surface area (TPSA) is 54.4 Å². The largest absolute Gasteiger partial charge is 1.00 e. The SMILES string of the molecule is O=S(=O)(O)C=Cc1ccccc1.[H-].[K+]. The van der Waals surface area contributed by atoms with Crippen LogP contribution in [0.4, 0.5) is 0 Å². The van der Waals surface area contributed by atoms with Crippen LogP contribution in [0.25, 0.3) is 6.08 Å². The van der Waals surface area contributed by atoms with E-state index in [4.69, 9.17) is 4.55 Å². The summed E-state index contributed by atoms with van der Waals surface area (Å²) in [6, 6.07) is 8.86. The van der Waals surface area contributed by atoms with Crippen LogP contribution in [0.15, 0.2) is 35.7 Å². The van der Waals surface area contributed by atoms with Crippen molar-refractivity contribution in [3.63, 3.8) is 0 Å². The Morgan fingerprint density at radius 3 is 2.23 bits per heavy atom. The minimum absolute atomic E-state index is 0. The molecule has 3 nitrogen and oxygen atoms in total. The number of benzene rings is 1. The molecule has 0 aliphatic rings. The fraction of sp³-hybridized carbons (Fsp3) is 0. The molecule has 0 aromatic heterocycles. The van der Waals surface area contributed by atoms with Crippen LogP contribution in [0.3, 0.4) is 0 Å². The van der Waals surface area contributed by atoms with Gasteiger partial charge in [-0.3, -0.25) is 4.55 Å². The van der Waals surface area contributed by atoms with Gasteiger partial charge in [0.05, 0.1) is 5.41 Å². The summed E-state index contributed by atoms with van der Waals surface area (Å²) in [6.07, 6.45) is 1.33. The summed E-state index contributed by atoms with van der Waals surface area (Å²) in [5, 5.41) is 0.752. The molecule has 0 unspecified atom stereocenters. The Morgan fingerprint density at radius 2 is 1.77 bits per heavy atom. The van der Waals surface area contributed by atoms with Crippen molar-refractivity contribution in [3.05, 3.63) is 41.3 Å². The molecule has 1 rings (SSSR count). The molecular weight excluding hydrogens is 215 g/mol. The van der Waals surface area contributed by atoms with Gasteiger partial charge in [0.15, 0.2) is 0 Å².